The van der Waals surface area contributed by atoms with Gasteiger partial charge in [0.15, 0.2) is 18.1 Å². The van der Waals surface area contributed by atoms with Crippen molar-refractivity contribution < 1.29 is 62.8 Å². The first-order chi connectivity index (χ1) is 20.0. The Labute approximate surface area is 247 Å². The topological polar surface area (TPSA) is 307 Å². The first-order valence-corrected chi connectivity index (χ1v) is 16.1. The van der Waals surface area contributed by atoms with Crippen molar-refractivity contribution in [2.45, 2.75) is 27.5 Å². The number of rotatable bonds is 13. The van der Waals surface area contributed by atoms with Crippen LogP contribution in [-0.2, 0) is 50.3 Å². The molecule has 0 aliphatic heterocycles. The van der Waals surface area contributed by atoms with Gasteiger partial charge < -0.3 is 10.8 Å². The Morgan fingerprint density at radius 1 is 0.860 bits per heavy atom. The number of anilines is 1. The van der Waals surface area contributed by atoms with E-state index in [1.54, 1.807) is 0 Å². The Morgan fingerprint density at radius 3 is 2.07 bits per heavy atom. The van der Waals surface area contributed by atoms with Gasteiger partial charge in [-0.05, 0) is 42.7 Å². The van der Waals surface area contributed by atoms with E-state index in [9.17, 15) is 44.0 Å². The van der Waals surface area contributed by atoms with Crippen LogP contribution in [0.1, 0.15) is 12.0 Å². The number of benzene rings is 3. The number of nitrogen functional groups attached to an aromatic ring is 1. The Bertz CT molecular complexity index is 1930. The fourth-order valence-electron chi connectivity index (χ4n) is 3.71. The van der Waals surface area contributed by atoms with E-state index in [2.05, 4.69) is 29.8 Å². The molecular weight excluding hydrogens is 663 g/mol. The van der Waals surface area contributed by atoms with E-state index in [0.29, 0.717) is 36.4 Å². The average molecular weight is 684 g/mol. The number of azo groups is 2. The van der Waals surface area contributed by atoms with Gasteiger partial charge in [0.2, 0.25) is 0 Å². The van der Waals surface area contributed by atoms with E-state index in [1.165, 1.54) is 6.07 Å². The zero-order valence-corrected chi connectivity index (χ0v) is 24.7. The molecule has 0 spiro atoms. The molecule has 0 amide bonds. The monoisotopic (exact) mass is 683 g/mol. The third-order valence-corrected chi connectivity index (χ3v) is 8.46. The molecule has 0 aromatic heterocycles. The van der Waals surface area contributed by atoms with Gasteiger partial charge in [-0.25, -0.2) is 5.26 Å². The van der Waals surface area contributed by atoms with E-state index < -0.39 is 84.3 Å². The molecule has 0 saturated carbocycles. The van der Waals surface area contributed by atoms with Crippen LogP contribution in [0, 0.1) is 0 Å². The number of fused-ring (bicyclic) bond motifs is 1. The van der Waals surface area contributed by atoms with Gasteiger partial charge in [0.1, 0.15) is 31.7 Å². The third kappa shape index (κ3) is 8.18. The second-order valence-corrected chi connectivity index (χ2v) is 12.8. The van der Waals surface area contributed by atoms with E-state index in [0.717, 1.165) is 19.2 Å². The molecule has 43 heavy (non-hydrogen) atoms. The molecule has 0 fully saturated rings. The van der Waals surface area contributed by atoms with Crippen molar-refractivity contribution in [1.29, 1.82) is 0 Å². The summed E-state index contributed by atoms with van der Waals surface area (Å²) in [5, 5.41) is 35.2. The van der Waals surface area contributed by atoms with Crippen LogP contribution < -0.4 is 5.73 Å². The van der Waals surface area contributed by atoms with Gasteiger partial charge in [0.25, 0.3) is 30.4 Å². The maximum Gasteiger partial charge on any atom is 0.296 e. The lowest BCUT2D eigenvalue weighted by atomic mass is 10.0. The normalized spacial score (nSPS) is 13.0. The van der Waals surface area contributed by atoms with E-state index >= 15 is 0 Å². The lowest BCUT2D eigenvalue weighted by molar-refractivity contribution is -0.434. The number of aromatic hydroxyl groups is 1. The highest BCUT2D eigenvalue weighted by molar-refractivity contribution is 7.89. The third-order valence-electron chi connectivity index (χ3n) is 5.44. The molecule has 0 atom stereocenters. The van der Waals surface area contributed by atoms with Crippen molar-refractivity contribution in [1.82, 2.24) is 0 Å². The summed E-state index contributed by atoms with van der Waals surface area (Å²) < 4.78 is 110. The van der Waals surface area contributed by atoms with Gasteiger partial charge in [-0.1, -0.05) is 11.1 Å². The van der Waals surface area contributed by atoms with Crippen LogP contribution in [0.2, 0.25) is 0 Å². The molecule has 0 bridgehead atoms. The lowest BCUT2D eigenvalue weighted by Crippen LogP contribution is -2.04. The average Bonchev–Trinajstić information content (AvgIpc) is 2.90. The molecule has 0 unspecified atom stereocenters. The van der Waals surface area contributed by atoms with Gasteiger partial charge in [-0.2, -0.15) is 35.5 Å². The molecule has 3 rings (SSSR count). The van der Waals surface area contributed by atoms with Crippen molar-refractivity contribution in [3.05, 3.63) is 35.9 Å². The Kier molecular flexibility index (Phi) is 10.7. The second-order valence-electron chi connectivity index (χ2n) is 8.17. The summed E-state index contributed by atoms with van der Waals surface area (Å²) in [6.07, 6.45) is 0.583. The molecular formula is C20H21N5O14S4. The molecule has 0 saturated heterocycles. The molecule has 3 aromatic rings. The minimum atomic E-state index is -5.18. The van der Waals surface area contributed by atoms with E-state index in [4.69, 9.17) is 15.2 Å². The fourth-order valence-corrected chi connectivity index (χ4v) is 5.98. The van der Waals surface area contributed by atoms with E-state index in [1.807, 2.05) is 0 Å². The van der Waals surface area contributed by atoms with Crippen LogP contribution in [0.4, 0.5) is 22.7 Å². The first kappa shape index (κ1) is 34.1. The molecule has 7 N–H and O–H groups in total. The Morgan fingerprint density at radius 2 is 1.49 bits per heavy atom. The van der Waals surface area contributed by atoms with Gasteiger partial charge in [0.05, 0.1) is 17.7 Å². The van der Waals surface area contributed by atoms with E-state index in [-0.39, 0.29) is 13.0 Å². The predicted octanol–water partition coefficient (Wildman–Crippen LogP) is 3.93. The van der Waals surface area contributed by atoms with Crippen LogP contribution in [0.15, 0.2) is 65.5 Å². The van der Waals surface area contributed by atoms with Crippen LogP contribution in [-0.4, -0.2) is 62.9 Å². The zero-order chi connectivity index (χ0) is 32.2. The summed E-state index contributed by atoms with van der Waals surface area (Å²) in [7, 11) is -14.1. The van der Waals surface area contributed by atoms with Gasteiger partial charge in [-0.3, -0.25) is 17.8 Å². The second kappa shape index (κ2) is 13.5. The van der Waals surface area contributed by atoms with Crippen molar-refractivity contribution >= 4 is 76.2 Å². The fraction of sp³-hybridized carbons (Fsp3) is 0.200. The number of aryl methyl sites for hydroxylation is 1. The molecule has 19 nitrogen and oxygen atoms in total. The summed E-state index contributed by atoms with van der Waals surface area (Å²) in [4.78, 5) is -2.77. The minimum Gasteiger partial charge on any atom is -0.505 e. The standard InChI is InChI=1S/C20H21N5O14S4/c1-22-25-19-16(43(34,35)36)8-11-14(41(28,29)30)9-13(18(21)17(11)20(19)26)24-23-12-5-4-10(7-15(12)42(31,32)33)3-2-6-37-40-39-38-27/h4-5,7-9,26-27H,2-3,6,21H2,1H3,(H,28,29,30)(H,31,32,33)(H,34,35,36)/b24-23+,25-22+. The number of nitrogens with two attached hydrogens (primary N) is 1. The summed E-state index contributed by atoms with van der Waals surface area (Å²) in [6.45, 7) is 0.0912. The van der Waals surface area contributed by atoms with Crippen molar-refractivity contribution in [2.75, 3.05) is 19.4 Å². The van der Waals surface area contributed by atoms with Crippen LogP contribution in [0.25, 0.3) is 10.8 Å². The molecule has 234 valence electrons. The van der Waals surface area contributed by atoms with Crippen molar-refractivity contribution in [3.63, 3.8) is 0 Å². The summed E-state index contributed by atoms with van der Waals surface area (Å²) >= 11 is 0.350. The lowest BCUT2D eigenvalue weighted by Gasteiger charge is -2.14. The molecule has 0 heterocycles. The summed E-state index contributed by atoms with van der Waals surface area (Å²) in [5.74, 6) is -1.06. The number of phenols is 1. The largest absolute Gasteiger partial charge is 0.505 e. The number of hydrogen-bond donors (Lipinski definition) is 6. The summed E-state index contributed by atoms with van der Waals surface area (Å²) in [5.41, 5.74) is 4.17. The number of nitrogens with zero attached hydrogens (tertiary/aromatic N) is 4. The van der Waals surface area contributed by atoms with Gasteiger partial charge in [-0.15, -0.1) is 14.6 Å². The number of hydrogen-bond acceptors (Lipinski definition) is 17. The SMILES string of the molecule is C/N=N/c1c(S(=O)(=O)O)cc2c(S(=O)(=O)O)cc(/N=N/c3ccc(CCCOSOOO)cc3S(=O)(=O)O)c(N)c2c1O. The first-order valence-electron chi connectivity index (χ1n) is 11.2. The maximum atomic E-state index is 12.2. The van der Waals surface area contributed by atoms with Crippen LogP contribution in [0.5, 0.6) is 5.75 Å². The minimum absolute atomic E-state index is 0.0912. The molecule has 3 aromatic carbocycles. The Hall–Kier alpha value is -3.36. The predicted molar refractivity (Wildman–Crippen MR) is 147 cm³/mol. The Balaban J connectivity index is 2.17. The highest BCUT2D eigenvalue weighted by Gasteiger charge is 2.28. The molecule has 23 heteroatoms. The van der Waals surface area contributed by atoms with Gasteiger partial charge in [0, 0.05) is 12.4 Å². The highest BCUT2D eigenvalue weighted by atomic mass is 32.2. The quantitative estimate of drug-likeness (QED) is 0.0283. The molecule has 0 aliphatic carbocycles. The molecule has 0 aliphatic rings. The highest BCUT2D eigenvalue weighted by Crippen LogP contribution is 2.48. The molecule has 0 radical (unpaired) electrons. The van der Waals surface area contributed by atoms with Crippen LogP contribution in [0.3, 0.4) is 0 Å². The van der Waals surface area contributed by atoms with Crippen LogP contribution >= 0.6 is 12.3 Å². The number of phenolic OH excluding ortho intramolecular Hbond substituents is 1. The van der Waals surface area contributed by atoms with Crippen molar-refractivity contribution in [3.8, 4) is 5.75 Å². The summed E-state index contributed by atoms with van der Waals surface area (Å²) in [6, 6.07) is 4.91. The smallest absolute Gasteiger partial charge is 0.296 e. The van der Waals surface area contributed by atoms with Gasteiger partial charge >= 0.3 is 0 Å². The zero-order valence-electron chi connectivity index (χ0n) is 21.4. The maximum absolute atomic E-state index is 12.2. The van der Waals surface area contributed by atoms with Crippen molar-refractivity contribution in [2.24, 2.45) is 20.5 Å².